The van der Waals surface area contributed by atoms with Gasteiger partial charge in [0.25, 0.3) is 0 Å². The average Bonchev–Trinajstić information content (AvgIpc) is 3.42. The molecule has 2 atom stereocenters. The Labute approximate surface area is 205 Å². The molecule has 1 aliphatic heterocycles. The molecule has 1 amide bonds. The Hall–Kier alpha value is -3.46. The van der Waals surface area contributed by atoms with Crippen LogP contribution in [-0.4, -0.2) is 67.1 Å². The first-order valence-corrected chi connectivity index (χ1v) is 12.3. The Morgan fingerprint density at radius 3 is 2.54 bits per heavy atom. The van der Waals surface area contributed by atoms with Crippen LogP contribution in [0.2, 0.25) is 0 Å². The number of hydrogen-bond donors (Lipinski definition) is 2. The zero-order valence-corrected chi connectivity index (χ0v) is 21.3. The van der Waals surface area contributed by atoms with Crippen molar-refractivity contribution in [3.8, 4) is 11.3 Å². The normalized spacial score (nSPS) is 19.3. The molecular formula is C26H34N8O. The molecule has 4 aromatic rings. The molecule has 0 radical (unpaired) electrons. The molecule has 0 saturated carbocycles. The maximum absolute atomic E-state index is 11.5. The molecule has 35 heavy (non-hydrogen) atoms. The molecule has 1 fully saturated rings. The smallest absolute Gasteiger partial charge is 0.231 e. The predicted octanol–water partition coefficient (Wildman–Crippen LogP) is 3.40. The van der Waals surface area contributed by atoms with Crippen molar-refractivity contribution in [3.05, 3.63) is 41.3 Å². The molecule has 0 aliphatic carbocycles. The number of nitrogens with zero attached hydrogens (tertiary/aromatic N) is 6. The lowest BCUT2D eigenvalue weighted by atomic mass is 9.95. The number of nitrogens with two attached hydrogens (primary N) is 1. The minimum absolute atomic E-state index is 0.204. The maximum Gasteiger partial charge on any atom is 0.231 e. The third-order valence-electron chi connectivity index (χ3n) is 7.40. The number of pyridine rings is 2. The maximum atomic E-state index is 11.5. The first kappa shape index (κ1) is 23.3. The van der Waals surface area contributed by atoms with Gasteiger partial charge in [-0.1, -0.05) is 13.8 Å². The highest BCUT2D eigenvalue weighted by Gasteiger charge is 2.31. The molecule has 184 valence electrons. The number of nitrogens with one attached hydrogen (secondary N) is 1. The van der Waals surface area contributed by atoms with E-state index in [0.717, 1.165) is 52.4 Å². The number of amides is 1. The zero-order valence-electron chi connectivity index (χ0n) is 21.3. The molecule has 9 heteroatoms. The Balaban J connectivity index is 1.58. The van der Waals surface area contributed by atoms with Crippen LogP contribution in [0.1, 0.15) is 50.3 Å². The number of aromatic nitrogens is 5. The molecule has 5 heterocycles. The van der Waals surface area contributed by atoms with Crippen LogP contribution < -0.4 is 10.6 Å². The van der Waals surface area contributed by atoms with Crippen LogP contribution in [0, 0.1) is 13.8 Å². The number of piperazine rings is 1. The summed E-state index contributed by atoms with van der Waals surface area (Å²) in [4.78, 5) is 29.3. The summed E-state index contributed by atoms with van der Waals surface area (Å²) in [7, 11) is 0. The lowest BCUT2D eigenvalue weighted by molar-refractivity contribution is -0.120. The number of aromatic amines is 1. The quantitative estimate of drug-likeness (QED) is 0.459. The van der Waals surface area contributed by atoms with Gasteiger partial charge in [-0.2, -0.15) is 5.10 Å². The van der Waals surface area contributed by atoms with Crippen molar-refractivity contribution in [1.82, 2.24) is 29.5 Å². The highest BCUT2D eigenvalue weighted by molar-refractivity contribution is 5.90. The van der Waals surface area contributed by atoms with E-state index in [4.69, 9.17) is 10.7 Å². The van der Waals surface area contributed by atoms with Crippen molar-refractivity contribution >= 4 is 28.4 Å². The zero-order chi connectivity index (χ0) is 25.0. The highest BCUT2D eigenvalue weighted by atomic mass is 16.1. The largest absolute Gasteiger partial charge is 0.369 e. The van der Waals surface area contributed by atoms with E-state index < -0.39 is 0 Å². The van der Waals surface area contributed by atoms with Crippen molar-refractivity contribution in [2.75, 3.05) is 24.5 Å². The molecule has 1 saturated heterocycles. The first-order chi connectivity index (χ1) is 16.7. The van der Waals surface area contributed by atoms with E-state index in [1.165, 1.54) is 11.1 Å². The van der Waals surface area contributed by atoms with Crippen molar-refractivity contribution in [1.29, 1.82) is 0 Å². The Kier molecular flexibility index (Phi) is 5.75. The predicted molar refractivity (Wildman–Crippen MR) is 139 cm³/mol. The van der Waals surface area contributed by atoms with Crippen molar-refractivity contribution in [2.45, 2.75) is 59.5 Å². The minimum atomic E-state index is -0.285. The number of aryl methyl sites for hydroxylation is 1. The van der Waals surface area contributed by atoms with Gasteiger partial charge in [-0.3, -0.25) is 9.69 Å². The summed E-state index contributed by atoms with van der Waals surface area (Å²) in [5.41, 5.74) is 14.1. The van der Waals surface area contributed by atoms with Gasteiger partial charge in [-0.05, 0) is 56.9 Å². The molecule has 4 aromatic heterocycles. The number of H-pyrrole nitrogens is 1. The fraction of sp³-hybridized carbons (Fsp3) is 0.462. The number of primary amides is 1. The van der Waals surface area contributed by atoms with Crippen molar-refractivity contribution < 1.29 is 4.79 Å². The van der Waals surface area contributed by atoms with Crippen LogP contribution >= 0.6 is 0 Å². The highest BCUT2D eigenvalue weighted by Crippen LogP contribution is 2.38. The van der Waals surface area contributed by atoms with E-state index in [2.05, 4.69) is 84.7 Å². The number of fused-ring (bicyclic) bond motifs is 2. The standard InChI is InChI=1S/C26H34N8O/c1-14(2)23-24(19-11-34-26(28-13-29-34)18(6)17(19)5)30-20-7-8-22(31-25(20)23)32-9-15(3)33(12-21(27)35)16(4)10-32/h7-8,11,13-16,30H,9-10,12H2,1-6H3,(H2,27,35)/t15-,16-/m0/s1. The fourth-order valence-corrected chi connectivity index (χ4v) is 5.52. The topological polar surface area (TPSA) is 108 Å². The molecular weight excluding hydrogens is 440 g/mol. The SMILES string of the molecule is Cc1c(-c2[nH]c3ccc(N4C[C@H](C)N(CC(N)=O)[C@@H](C)C4)nc3c2C(C)C)cn2ncnc2c1C. The molecule has 0 aromatic carbocycles. The van der Waals surface area contributed by atoms with Crippen LogP contribution in [0.15, 0.2) is 24.7 Å². The van der Waals surface area contributed by atoms with Crippen molar-refractivity contribution in [2.24, 2.45) is 5.73 Å². The number of rotatable bonds is 5. The summed E-state index contributed by atoms with van der Waals surface area (Å²) >= 11 is 0. The van der Waals surface area contributed by atoms with Gasteiger partial charge in [0.15, 0.2) is 5.65 Å². The van der Waals surface area contributed by atoms with Gasteiger partial charge in [0, 0.05) is 42.5 Å². The average molecular weight is 475 g/mol. The molecule has 1 aliphatic rings. The third-order valence-corrected chi connectivity index (χ3v) is 7.40. The Morgan fingerprint density at radius 2 is 1.89 bits per heavy atom. The molecule has 9 nitrogen and oxygen atoms in total. The fourth-order valence-electron chi connectivity index (χ4n) is 5.52. The monoisotopic (exact) mass is 474 g/mol. The summed E-state index contributed by atoms with van der Waals surface area (Å²) in [6.07, 6.45) is 3.66. The summed E-state index contributed by atoms with van der Waals surface area (Å²) < 4.78 is 1.85. The van der Waals surface area contributed by atoms with Crippen LogP contribution in [0.4, 0.5) is 5.82 Å². The van der Waals surface area contributed by atoms with Gasteiger partial charge in [0.05, 0.1) is 23.3 Å². The summed E-state index contributed by atoms with van der Waals surface area (Å²) in [6.45, 7) is 14.8. The second kappa shape index (κ2) is 8.64. The van der Waals surface area contributed by atoms with Crippen LogP contribution in [0.25, 0.3) is 27.9 Å². The van der Waals surface area contributed by atoms with Crippen molar-refractivity contribution in [3.63, 3.8) is 0 Å². The van der Waals surface area contributed by atoms with Gasteiger partial charge >= 0.3 is 0 Å². The second-order valence-electron chi connectivity index (χ2n) is 10.2. The molecule has 0 spiro atoms. The Bertz CT molecular complexity index is 1410. The summed E-state index contributed by atoms with van der Waals surface area (Å²) in [5.74, 6) is 0.952. The lowest BCUT2D eigenvalue weighted by Gasteiger charge is -2.44. The first-order valence-electron chi connectivity index (χ1n) is 12.3. The third kappa shape index (κ3) is 3.93. The number of anilines is 1. The number of hydrogen-bond acceptors (Lipinski definition) is 6. The molecule has 0 unspecified atom stereocenters. The van der Waals surface area contributed by atoms with E-state index in [0.29, 0.717) is 0 Å². The van der Waals surface area contributed by atoms with Gasteiger partial charge < -0.3 is 15.6 Å². The van der Waals surface area contributed by atoms with E-state index in [9.17, 15) is 4.79 Å². The van der Waals surface area contributed by atoms with E-state index >= 15 is 0 Å². The van der Waals surface area contributed by atoms with Gasteiger partial charge in [0.1, 0.15) is 12.1 Å². The second-order valence-corrected chi connectivity index (χ2v) is 10.2. The van der Waals surface area contributed by atoms with E-state index in [1.54, 1.807) is 6.33 Å². The van der Waals surface area contributed by atoms with Gasteiger partial charge in [-0.25, -0.2) is 14.5 Å². The molecule has 0 bridgehead atoms. The van der Waals surface area contributed by atoms with Crippen LogP contribution in [-0.2, 0) is 4.79 Å². The molecule has 5 rings (SSSR count). The van der Waals surface area contributed by atoms with E-state index in [1.807, 2.05) is 4.52 Å². The van der Waals surface area contributed by atoms with E-state index in [-0.39, 0.29) is 30.5 Å². The Morgan fingerprint density at radius 1 is 1.17 bits per heavy atom. The van der Waals surface area contributed by atoms with Gasteiger partial charge in [-0.15, -0.1) is 0 Å². The summed E-state index contributed by atoms with van der Waals surface area (Å²) in [5, 5.41) is 4.39. The minimum Gasteiger partial charge on any atom is -0.369 e. The van der Waals surface area contributed by atoms with Crippen LogP contribution in [0.3, 0.4) is 0 Å². The molecule has 3 N–H and O–H groups in total. The number of carbonyl (C=O) groups excluding carboxylic acids is 1. The number of carbonyl (C=O) groups is 1. The van der Waals surface area contributed by atoms with Gasteiger partial charge in [0.2, 0.25) is 5.91 Å². The lowest BCUT2D eigenvalue weighted by Crippen LogP contribution is -2.58. The summed E-state index contributed by atoms with van der Waals surface area (Å²) in [6, 6.07) is 4.63. The van der Waals surface area contributed by atoms with Crippen LogP contribution in [0.5, 0.6) is 0 Å².